The number of carbonyl (C=O) groups excluding carboxylic acids is 2. The van der Waals surface area contributed by atoms with Crippen molar-refractivity contribution in [1.82, 2.24) is 14.7 Å². The molecule has 0 fully saturated rings. The van der Waals surface area contributed by atoms with Crippen molar-refractivity contribution >= 4 is 44.7 Å². The molecule has 0 aliphatic heterocycles. The minimum Gasteiger partial charge on any atom is -0.366 e. The monoisotopic (exact) mass is 378 g/mol. The molecule has 0 saturated heterocycles. The van der Waals surface area contributed by atoms with E-state index in [0.717, 1.165) is 20.9 Å². The van der Waals surface area contributed by atoms with E-state index < -0.39 is 5.91 Å². The van der Waals surface area contributed by atoms with Crippen molar-refractivity contribution in [3.63, 3.8) is 0 Å². The molecule has 1 aromatic carbocycles. The zero-order chi connectivity index (χ0) is 19.6. The van der Waals surface area contributed by atoms with Crippen LogP contribution in [0.5, 0.6) is 0 Å². The number of hydrogen-bond donors (Lipinski definition) is 2. The number of hydrogen-bond acceptors (Lipinski definition) is 4. The van der Waals surface area contributed by atoms with Gasteiger partial charge in [0.25, 0.3) is 5.91 Å². The number of amides is 2. The Bertz CT molecular complexity index is 1150. The van der Waals surface area contributed by atoms with Gasteiger partial charge in [-0.1, -0.05) is 42.7 Å². The highest BCUT2D eigenvalue weighted by Crippen LogP contribution is 2.29. The van der Waals surface area contributed by atoms with Crippen LogP contribution in [0.25, 0.3) is 21.6 Å². The molecule has 3 N–H and O–H groups in total. The number of imidazole rings is 1. The van der Waals surface area contributed by atoms with Crippen LogP contribution in [-0.2, 0) is 4.79 Å². The van der Waals surface area contributed by atoms with Gasteiger partial charge >= 0.3 is 0 Å². The van der Waals surface area contributed by atoms with Crippen molar-refractivity contribution in [3.8, 4) is 0 Å². The zero-order valence-electron chi connectivity index (χ0n) is 14.7. The molecule has 6 nitrogen and oxygen atoms in total. The van der Waals surface area contributed by atoms with E-state index in [1.54, 1.807) is 31.3 Å². The number of fused-ring (bicyclic) bond motifs is 3. The van der Waals surface area contributed by atoms with Crippen LogP contribution in [0, 0.1) is 0 Å². The fourth-order valence-electron chi connectivity index (χ4n) is 2.61. The minimum absolute atomic E-state index is 0.207. The summed E-state index contributed by atoms with van der Waals surface area (Å²) in [6.07, 6.45) is 8.69. The molecule has 0 atom stereocenters. The van der Waals surface area contributed by atoms with Crippen LogP contribution in [0.4, 0.5) is 0 Å². The van der Waals surface area contributed by atoms with E-state index in [1.807, 2.05) is 22.7 Å². The number of benzene rings is 1. The summed E-state index contributed by atoms with van der Waals surface area (Å²) >= 11 is 1.48. The third-order valence-corrected chi connectivity index (χ3v) is 5.08. The predicted octanol–water partition coefficient (Wildman–Crippen LogP) is 3.08. The van der Waals surface area contributed by atoms with Gasteiger partial charge in [0.05, 0.1) is 15.9 Å². The predicted molar refractivity (Wildman–Crippen MR) is 110 cm³/mol. The Morgan fingerprint density at radius 2 is 2.04 bits per heavy atom. The second kappa shape index (κ2) is 7.43. The number of likely N-dealkylation sites (N-methyl/N-ethyl adjacent to an activating group) is 1. The van der Waals surface area contributed by atoms with Gasteiger partial charge in [-0.3, -0.25) is 14.0 Å². The summed E-state index contributed by atoms with van der Waals surface area (Å²) in [4.78, 5) is 29.4. The molecule has 0 saturated carbocycles. The number of aromatic nitrogens is 2. The SMILES string of the molecule is C=C/C(=C\C=C(/C=C)c1cn2c(nc3cc(C(N)=O)ccc32)s1)C(=O)NC. The lowest BCUT2D eigenvalue weighted by atomic mass is 10.1. The molecule has 0 aliphatic rings. The first-order chi connectivity index (χ1) is 13.0. The second-order valence-electron chi connectivity index (χ2n) is 5.66. The zero-order valence-corrected chi connectivity index (χ0v) is 15.5. The number of thiazole rings is 1. The summed E-state index contributed by atoms with van der Waals surface area (Å²) in [6.45, 7) is 7.51. The largest absolute Gasteiger partial charge is 0.366 e. The topological polar surface area (TPSA) is 89.5 Å². The molecule has 2 amide bonds. The van der Waals surface area contributed by atoms with Crippen molar-refractivity contribution in [2.24, 2.45) is 5.73 Å². The Morgan fingerprint density at radius 1 is 1.26 bits per heavy atom. The van der Waals surface area contributed by atoms with Crippen LogP contribution >= 0.6 is 11.3 Å². The molecule has 2 heterocycles. The Labute approximate surface area is 160 Å². The van der Waals surface area contributed by atoms with E-state index in [4.69, 9.17) is 5.73 Å². The van der Waals surface area contributed by atoms with Gasteiger partial charge in [0.1, 0.15) is 0 Å². The van der Waals surface area contributed by atoms with Crippen LogP contribution in [0.2, 0.25) is 0 Å². The number of nitrogens with two attached hydrogens (primary N) is 1. The van der Waals surface area contributed by atoms with E-state index >= 15 is 0 Å². The molecule has 0 unspecified atom stereocenters. The van der Waals surface area contributed by atoms with E-state index in [9.17, 15) is 9.59 Å². The average molecular weight is 378 g/mol. The molecule has 27 heavy (non-hydrogen) atoms. The van der Waals surface area contributed by atoms with Gasteiger partial charge in [-0.2, -0.15) is 0 Å². The van der Waals surface area contributed by atoms with Gasteiger partial charge in [0, 0.05) is 24.4 Å². The Balaban J connectivity index is 2.05. The van der Waals surface area contributed by atoms with Gasteiger partial charge in [0.2, 0.25) is 5.91 Å². The fourth-order valence-corrected chi connectivity index (χ4v) is 3.63. The highest BCUT2D eigenvalue weighted by Gasteiger charge is 2.12. The minimum atomic E-state index is -0.480. The molecule has 0 radical (unpaired) electrons. The van der Waals surface area contributed by atoms with Crippen molar-refractivity contribution < 1.29 is 9.59 Å². The van der Waals surface area contributed by atoms with Crippen LogP contribution < -0.4 is 11.1 Å². The lowest BCUT2D eigenvalue weighted by Gasteiger charge is -1.99. The standard InChI is InChI=1S/C20H18N4O2S/c1-4-12(6-7-13(5-2)19(26)22-3)17-11-24-16-9-8-14(18(21)25)10-15(16)23-20(24)27-17/h4-11H,1-2H2,3H3,(H2,21,25)(H,22,26)/b12-6+,13-7+. The maximum absolute atomic E-state index is 11.8. The first-order valence-corrected chi connectivity index (χ1v) is 8.91. The molecule has 3 rings (SSSR count). The summed E-state index contributed by atoms with van der Waals surface area (Å²) in [5.41, 5.74) is 8.66. The van der Waals surface area contributed by atoms with Crippen LogP contribution in [0.3, 0.4) is 0 Å². The third-order valence-electron chi connectivity index (χ3n) is 4.05. The average Bonchev–Trinajstić information content (AvgIpc) is 3.22. The smallest absolute Gasteiger partial charge is 0.250 e. The summed E-state index contributed by atoms with van der Waals surface area (Å²) < 4.78 is 1.95. The third kappa shape index (κ3) is 3.45. The van der Waals surface area contributed by atoms with Gasteiger partial charge in [-0.25, -0.2) is 4.98 Å². The Hall–Kier alpha value is -3.45. The number of nitrogens with one attached hydrogen (secondary N) is 1. The van der Waals surface area contributed by atoms with Gasteiger partial charge in [-0.15, -0.1) is 0 Å². The molecule has 7 heteroatoms. The normalized spacial score (nSPS) is 12.3. The highest BCUT2D eigenvalue weighted by atomic mass is 32.1. The number of nitrogens with zero attached hydrogens (tertiary/aromatic N) is 2. The van der Waals surface area contributed by atoms with Crippen molar-refractivity contribution in [3.05, 3.63) is 77.9 Å². The molecule has 0 aliphatic carbocycles. The number of primary amides is 1. The molecule has 2 aromatic heterocycles. The number of carbonyl (C=O) groups is 2. The molecule has 0 spiro atoms. The number of allylic oxidation sites excluding steroid dienone is 4. The lowest BCUT2D eigenvalue weighted by molar-refractivity contribution is -0.116. The Morgan fingerprint density at radius 3 is 2.67 bits per heavy atom. The van der Waals surface area contributed by atoms with E-state index in [-0.39, 0.29) is 5.91 Å². The quantitative estimate of drug-likeness (QED) is 0.510. The summed E-state index contributed by atoms with van der Waals surface area (Å²) in [5.74, 6) is -0.686. The van der Waals surface area contributed by atoms with E-state index in [0.29, 0.717) is 16.7 Å². The van der Waals surface area contributed by atoms with Crippen LogP contribution in [0.1, 0.15) is 15.2 Å². The van der Waals surface area contributed by atoms with Crippen molar-refractivity contribution in [2.75, 3.05) is 7.05 Å². The van der Waals surface area contributed by atoms with Gasteiger partial charge in [-0.05, 0) is 29.8 Å². The molecule has 0 bridgehead atoms. The maximum atomic E-state index is 11.8. The number of rotatable bonds is 6. The van der Waals surface area contributed by atoms with Crippen LogP contribution in [-0.4, -0.2) is 28.2 Å². The van der Waals surface area contributed by atoms with Gasteiger partial charge < -0.3 is 11.1 Å². The summed E-state index contributed by atoms with van der Waals surface area (Å²) in [5, 5.41) is 2.57. The highest BCUT2D eigenvalue weighted by molar-refractivity contribution is 7.18. The van der Waals surface area contributed by atoms with Crippen LogP contribution in [0.15, 0.2) is 67.4 Å². The van der Waals surface area contributed by atoms with Crippen molar-refractivity contribution in [2.45, 2.75) is 0 Å². The second-order valence-corrected chi connectivity index (χ2v) is 6.67. The summed E-state index contributed by atoms with van der Waals surface area (Å²) in [6, 6.07) is 5.19. The van der Waals surface area contributed by atoms with Crippen molar-refractivity contribution in [1.29, 1.82) is 0 Å². The first-order valence-electron chi connectivity index (χ1n) is 8.09. The van der Waals surface area contributed by atoms with E-state index in [1.165, 1.54) is 17.4 Å². The molecular formula is C20H18N4O2S. The molecule has 3 aromatic rings. The Kier molecular flexibility index (Phi) is 5.05. The fraction of sp³-hybridized carbons (Fsp3) is 0.0500. The lowest BCUT2D eigenvalue weighted by Crippen LogP contribution is -2.18. The molecular weight excluding hydrogens is 360 g/mol. The molecule has 136 valence electrons. The summed E-state index contributed by atoms with van der Waals surface area (Å²) in [7, 11) is 1.57. The first kappa shape index (κ1) is 18.3. The van der Waals surface area contributed by atoms with Gasteiger partial charge in [0.15, 0.2) is 4.96 Å². The van der Waals surface area contributed by atoms with E-state index in [2.05, 4.69) is 23.5 Å². The maximum Gasteiger partial charge on any atom is 0.250 e.